The van der Waals surface area contributed by atoms with E-state index in [1.807, 2.05) is 32.0 Å². The Morgan fingerprint density at radius 1 is 1.14 bits per heavy atom. The second-order valence-electron chi connectivity index (χ2n) is 7.49. The molecular formula is C22H27ClN2O2S. The molecule has 0 radical (unpaired) electrons. The summed E-state index contributed by atoms with van der Waals surface area (Å²) < 4.78 is 0. The molecule has 1 saturated heterocycles. The van der Waals surface area contributed by atoms with Crippen molar-refractivity contribution in [3.8, 4) is 0 Å². The number of piperidine rings is 1. The van der Waals surface area contributed by atoms with Gasteiger partial charge in [0.15, 0.2) is 5.78 Å². The summed E-state index contributed by atoms with van der Waals surface area (Å²) in [6.45, 7) is 6.79. The second-order valence-corrected chi connectivity index (χ2v) is 9.39. The zero-order valence-corrected chi connectivity index (χ0v) is 18.0. The standard InChI is InChI=1S/C22H27ClN2O2S/c1-15-13-20(16(2)28-15)21(26)7-8-22(27)24-19-9-11-25(12-10-19)14-17-3-5-18(23)6-4-17/h3-6,13,19H,7-12,14H2,1-2H3,(H,24,27). The summed E-state index contributed by atoms with van der Waals surface area (Å²) in [5.74, 6) is 0.0453. The van der Waals surface area contributed by atoms with E-state index in [0.29, 0.717) is 0 Å². The average Bonchev–Trinajstić information content (AvgIpc) is 3.01. The van der Waals surface area contributed by atoms with E-state index >= 15 is 0 Å². The largest absolute Gasteiger partial charge is 0.353 e. The van der Waals surface area contributed by atoms with Crippen molar-refractivity contribution in [1.29, 1.82) is 0 Å². The first kappa shape index (κ1) is 21.0. The van der Waals surface area contributed by atoms with Crippen molar-refractivity contribution in [2.45, 2.75) is 52.1 Å². The summed E-state index contributed by atoms with van der Waals surface area (Å²) in [7, 11) is 0. The summed E-state index contributed by atoms with van der Waals surface area (Å²) in [5.41, 5.74) is 2.02. The van der Waals surface area contributed by atoms with Crippen molar-refractivity contribution in [3.05, 3.63) is 56.2 Å². The molecule has 1 fully saturated rings. The van der Waals surface area contributed by atoms with Crippen LogP contribution in [0.4, 0.5) is 0 Å². The number of hydrogen-bond acceptors (Lipinski definition) is 4. The number of nitrogens with zero attached hydrogens (tertiary/aromatic N) is 1. The number of carbonyl (C=O) groups is 2. The van der Waals surface area contributed by atoms with Crippen LogP contribution in [0.1, 0.15) is 51.4 Å². The highest BCUT2D eigenvalue weighted by molar-refractivity contribution is 7.12. The van der Waals surface area contributed by atoms with Gasteiger partial charge in [-0.15, -0.1) is 11.3 Å². The molecule has 0 spiro atoms. The third kappa shape index (κ3) is 5.90. The van der Waals surface area contributed by atoms with Gasteiger partial charge >= 0.3 is 0 Å². The van der Waals surface area contributed by atoms with Crippen molar-refractivity contribution >= 4 is 34.6 Å². The molecule has 28 heavy (non-hydrogen) atoms. The number of nitrogens with one attached hydrogen (secondary N) is 1. The van der Waals surface area contributed by atoms with Crippen LogP contribution < -0.4 is 5.32 Å². The lowest BCUT2D eigenvalue weighted by Crippen LogP contribution is -2.44. The van der Waals surface area contributed by atoms with Crippen LogP contribution in [0.2, 0.25) is 5.02 Å². The zero-order valence-electron chi connectivity index (χ0n) is 16.5. The number of aryl methyl sites for hydroxylation is 2. The van der Waals surface area contributed by atoms with E-state index in [1.165, 1.54) is 5.56 Å². The van der Waals surface area contributed by atoms with Gasteiger partial charge in [0.05, 0.1) is 0 Å². The highest BCUT2D eigenvalue weighted by atomic mass is 35.5. The first-order valence-electron chi connectivity index (χ1n) is 9.77. The summed E-state index contributed by atoms with van der Waals surface area (Å²) in [6, 6.07) is 10.1. The molecule has 1 aliphatic heterocycles. The number of carbonyl (C=O) groups excluding carboxylic acids is 2. The predicted octanol–water partition coefficient (Wildman–Crippen LogP) is 4.76. The molecule has 0 saturated carbocycles. The van der Waals surface area contributed by atoms with Crippen molar-refractivity contribution in [1.82, 2.24) is 10.2 Å². The minimum Gasteiger partial charge on any atom is -0.353 e. The molecular weight excluding hydrogens is 392 g/mol. The molecule has 3 rings (SSSR count). The molecule has 1 aromatic heterocycles. The minimum atomic E-state index is -0.0193. The molecule has 1 N–H and O–H groups in total. The lowest BCUT2D eigenvalue weighted by molar-refractivity contribution is -0.122. The molecule has 1 amide bonds. The van der Waals surface area contributed by atoms with Gasteiger partial charge in [-0.05, 0) is 50.5 Å². The van der Waals surface area contributed by atoms with Crippen LogP contribution in [0.15, 0.2) is 30.3 Å². The van der Waals surface area contributed by atoms with E-state index in [1.54, 1.807) is 11.3 Å². The molecule has 1 aromatic carbocycles. The van der Waals surface area contributed by atoms with Gasteiger partial charge in [-0.2, -0.15) is 0 Å². The first-order valence-corrected chi connectivity index (χ1v) is 11.0. The third-order valence-electron chi connectivity index (χ3n) is 5.19. The van der Waals surface area contributed by atoms with E-state index in [9.17, 15) is 9.59 Å². The molecule has 1 aliphatic rings. The van der Waals surface area contributed by atoms with Crippen LogP contribution in [-0.4, -0.2) is 35.7 Å². The van der Waals surface area contributed by atoms with Gasteiger partial charge in [-0.25, -0.2) is 0 Å². The Hall–Kier alpha value is -1.69. The predicted molar refractivity (Wildman–Crippen MR) is 115 cm³/mol. The van der Waals surface area contributed by atoms with E-state index in [0.717, 1.165) is 52.8 Å². The summed E-state index contributed by atoms with van der Waals surface area (Å²) in [5, 5.41) is 3.86. The topological polar surface area (TPSA) is 49.4 Å². The Labute approximate surface area is 175 Å². The molecule has 6 heteroatoms. The first-order chi connectivity index (χ1) is 13.4. The fraction of sp³-hybridized carbons (Fsp3) is 0.455. The highest BCUT2D eigenvalue weighted by Gasteiger charge is 2.21. The summed E-state index contributed by atoms with van der Waals surface area (Å²) in [4.78, 5) is 29.2. The molecule has 0 bridgehead atoms. The number of Topliss-reactive ketones (excluding diaryl/α,β-unsaturated/α-hetero) is 1. The van der Waals surface area contributed by atoms with Crippen LogP contribution in [-0.2, 0) is 11.3 Å². The number of likely N-dealkylation sites (tertiary alicyclic amines) is 1. The van der Waals surface area contributed by atoms with E-state index in [2.05, 4.69) is 22.3 Å². The fourth-order valence-electron chi connectivity index (χ4n) is 3.65. The molecule has 0 aliphatic carbocycles. The number of rotatable bonds is 7. The number of ketones is 1. The van der Waals surface area contributed by atoms with Crippen LogP contribution >= 0.6 is 22.9 Å². The van der Waals surface area contributed by atoms with Gasteiger partial charge in [0.1, 0.15) is 0 Å². The van der Waals surface area contributed by atoms with Gasteiger partial charge in [0, 0.05) is 58.9 Å². The second kappa shape index (κ2) is 9.68. The van der Waals surface area contributed by atoms with Crippen LogP contribution in [0.5, 0.6) is 0 Å². The Bertz CT molecular complexity index is 824. The molecule has 4 nitrogen and oxygen atoms in total. The highest BCUT2D eigenvalue weighted by Crippen LogP contribution is 2.22. The van der Waals surface area contributed by atoms with Crippen molar-refractivity contribution in [2.75, 3.05) is 13.1 Å². The van der Waals surface area contributed by atoms with Crippen LogP contribution in [0, 0.1) is 13.8 Å². The van der Waals surface area contributed by atoms with Crippen LogP contribution in [0.25, 0.3) is 0 Å². The van der Waals surface area contributed by atoms with Gasteiger partial charge in [0.25, 0.3) is 0 Å². The van der Waals surface area contributed by atoms with E-state index < -0.39 is 0 Å². The molecule has 150 valence electrons. The van der Waals surface area contributed by atoms with Crippen molar-refractivity contribution in [3.63, 3.8) is 0 Å². The maximum Gasteiger partial charge on any atom is 0.220 e. The molecule has 0 unspecified atom stereocenters. The maximum atomic E-state index is 12.3. The van der Waals surface area contributed by atoms with Gasteiger partial charge < -0.3 is 5.32 Å². The number of thiophene rings is 1. The van der Waals surface area contributed by atoms with Gasteiger partial charge in [0.2, 0.25) is 5.91 Å². The SMILES string of the molecule is Cc1cc(C(=O)CCC(=O)NC2CCN(Cc3ccc(Cl)cc3)CC2)c(C)s1. The van der Waals surface area contributed by atoms with Crippen LogP contribution in [0.3, 0.4) is 0 Å². The zero-order chi connectivity index (χ0) is 20.1. The quantitative estimate of drug-likeness (QED) is 0.659. The normalized spacial score (nSPS) is 15.5. The Balaban J connectivity index is 1.38. The average molecular weight is 419 g/mol. The van der Waals surface area contributed by atoms with Crippen molar-refractivity contribution < 1.29 is 9.59 Å². The summed E-state index contributed by atoms with van der Waals surface area (Å²) in [6.07, 6.45) is 2.42. The molecule has 0 atom stereocenters. The third-order valence-corrected chi connectivity index (χ3v) is 6.41. The van der Waals surface area contributed by atoms with Crippen molar-refractivity contribution in [2.24, 2.45) is 0 Å². The Kier molecular flexibility index (Phi) is 7.27. The Morgan fingerprint density at radius 2 is 1.82 bits per heavy atom. The lowest BCUT2D eigenvalue weighted by Gasteiger charge is -2.32. The number of hydrogen-bond donors (Lipinski definition) is 1. The lowest BCUT2D eigenvalue weighted by atomic mass is 10.0. The monoisotopic (exact) mass is 418 g/mol. The number of halogens is 1. The number of amides is 1. The fourth-order valence-corrected chi connectivity index (χ4v) is 4.72. The number of benzene rings is 1. The van der Waals surface area contributed by atoms with E-state index in [4.69, 9.17) is 11.6 Å². The molecule has 2 aromatic rings. The van der Waals surface area contributed by atoms with Gasteiger partial charge in [-0.3, -0.25) is 14.5 Å². The summed E-state index contributed by atoms with van der Waals surface area (Å²) >= 11 is 7.57. The maximum absolute atomic E-state index is 12.3. The Morgan fingerprint density at radius 3 is 2.43 bits per heavy atom. The van der Waals surface area contributed by atoms with E-state index in [-0.39, 0.29) is 30.6 Å². The smallest absolute Gasteiger partial charge is 0.220 e. The van der Waals surface area contributed by atoms with Gasteiger partial charge in [-0.1, -0.05) is 23.7 Å². The minimum absolute atomic E-state index is 0.0193. The molecule has 2 heterocycles.